The van der Waals surface area contributed by atoms with Crippen molar-refractivity contribution in [2.45, 2.75) is 12.9 Å². The van der Waals surface area contributed by atoms with Crippen LogP contribution in [0, 0.1) is 3.57 Å². The molecule has 0 atom stereocenters. The van der Waals surface area contributed by atoms with Crippen LogP contribution in [0.25, 0.3) is 0 Å². The summed E-state index contributed by atoms with van der Waals surface area (Å²) in [7, 11) is 0. The van der Waals surface area contributed by atoms with Crippen molar-refractivity contribution < 1.29 is 17.9 Å². The van der Waals surface area contributed by atoms with E-state index >= 15 is 0 Å². The highest BCUT2D eigenvalue weighted by Crippen LogP contribution is 2.28. The van der Waals surface area contributed by atoms with E-state index in [0.717, 1.165) is 9.26 Å². The van der Waals surface area contributed by atoms with Crippen molar-refractivity contribution in [1.29, 1.82) is 0 Å². The number of nitrogens with one attached hydrogen (secondary N) is 1. The fourth-order valence-corrected chi connectivity index (χ4v) is 2.76. The first-order chi connectivity index (χ1) is 9.85. The second kappa shape index (κ2) is 6.74. The molecule has 0 bridgehead atoms. The van der Waals surface area contributed by atoms with Gasteiger partial charge in [-0.3, -0.25) is 0 Å². The summed E-state index contributed by atoms with van der Waals surface area (Å²) in [4.78, 5) is 0. The van der Waals surface area contributed by atoms with Crippen molar-refractivity contribution in [1.82, 2.24) is 0 Å². The Morgan fingerprint density at radius 1 is 1.14 bits per heavy atom. The molecule has 2 aromatic carbocycles. The molecule has 7 heteroatoms. The molecule has 0 aromatic heterocycles. The van der Waals surface area contributed by atoms with E-state index in [1.54, 1.807) is 30.3 Å². The van der Waals surface area contributed by atoms with Crippen molar-refractivity contribution in [3.8, 4) is 5.75 Å². The van der Waals surface area contributed by atoms with Crippen molar-refractivity contribution >= 4 is 39.9 Å². The van der Waals surface area contributed by atoms with Gasteiger partial charge in [0.1, 0.15) is 5.75 Å². The van der Waals surface area contributed by atoms with Gasteiger partial charge in [-0.15, -0.1) is 13.2 Å². The maximum Gasteiger partial charge on any atom is 0.573 e. The minimum absolute atomic E-state index is 0.207. The number of anilines is 1. The summed E-state index contributed by atoms with van der Waals surface area (Å²) in [5.74, 6) is -0.207. The minimum atomic E-state index is -4.70. The molecule has 0 radical (unpaired) electrons. The van der Waals surface area contributed by atoms with E-state index in [2.05, 4.69) is 32.6 Å². The second-order valence-electron chi connectivity index (χ2n) is 4.13. The van der Waals surface area contributed by atoms with Crippen molar-refractivity contribution in [3.05, 3.63) is 56.6 Å². The monoisotopic (exact) mass is 427 g/mol. The average molecular weight is 428 g/mol. The van der Waals surface area contributed by atoms with Crippen LogP contribution in [0.3, 0.4) is 0 Å². The molecule has 0 spiro atoms. The molecule has 0 saturated carbocycles. The zero-order valence-corrected chi connectivity index (χ0v) is 13.5. The summed E-state index contributed by atoms with van der Waals surface area (Å²) >= 11 is 7.96. The fraction of sp³-hybridized carbons (Fsp3) is 0.143. The first kappa shape index (κ1) is 16.2. The van der Waals surface area contributed by atoms with E-state index < -0.39 is 6.36 Å². The predicted octanol–water partition coefficient (Wildman–Crippen LogP) is 5.46. The van der Waals surface area contributed by atoms with Gasteiger partial charge in [0.25, 0.3) is 0 Å². The Balaban J connectivity index is 2.13. The molecule has 0 heterocycles. The van der Waals surface area contributed by atoms with E-state index in [1.165, 1.54) is 12.1 Å². The molecule has 0 fully saturated rings. The van der Waals surface area contributed by atoms with Crippen LogP contribution >= 0.6 is 34.2 Å². The van der Waals surface area contributed by atoms with Gasteiger partial charge in [0.15, 0.2) is 0 Å². The SMILES string of the molecule is FC(F)(F)Oc1ccccc1CNc1ccc(Cl)cc1I. The molecular formula is C14H10ClF3INO. The molecular weight excluding hydrogens is 418 g/mol. The molecule has 2 aromatic rings. The lowest BCUT2D eigenvalue weighted by Gasteiger charge is -2.14. The van der Waals surface area contributed by atoms with Gasteiger partial charge < -0.3 is 10.1 Å². The lowest BCUT2D eigenvalue weighted by atomic mass is 10.2. The number of benzene rings is 2. The van der Waals surface area contributed by atoms with Crippen LogP contribution < -0.4 is 10.1 Å². The van der Waals surface area contributed by atoms with Gasteiger partial charge in [-0.05, 0) is 46.9 Å². The Bertz CT molecular complexity index is 634. The standard InChI is InChI=1S/C14H10ClF3INO/c15-10-5-6-12(11(19)7-10)20-8-9-3-1-2-4-13(9)21-14(16,17)18/h1-7,20H,8H2. The molecule has 1 N–H and O–H groups in total. The number of hydrogen-bond acceptors (Lipinski definition) is 2. The van der Waals surface area contributed by atoms with Gasteiger partial charge >= 0.3 is 6.36 Å². The summed E-state index contributed by atoms with van der Waals surface area (Å²) in [6.07, 6.45) is -4.70. The van der Waals surface area contributed by atoms with E-state index in [1.807, 2.05) is 0 Å². The smallest absolute Gasteiger partial charge is 0.405 e. The topological polar surface area (TPSA) is 21.3 Å². The van der Waals surface area contributed by atoms with Crippen LogP contribution in [0.1, 0.15) is 5.56 Å². The van der Waals surface area contributed by atoms with E-state index in [4.69, 9.17) is 11.6 Å². The van der Waals surface area contributed by atoms with Gasteiger partial charge in [0.2, 0.25) is 0 Å². The molecule has 0 unspecified atom stereocenters. The molecule has 2 rings (SSSR count). The van der Waals surface area contributed by atoms with Crippen LogP contribution in [0.5, 0.6) is 5.75 Å². The highest BCUT2D eigenvalue weighted by molar-refractivity contribution is 14.1. The largest absolute Gasteiger partial charge is 0.573 e. The highest BCUT2D eigenvalue weighted by Gasteiger charge is 2.31. The van der Waals surface area contributed by atoms with E-state index in [0.29, 0.717) is 10.6 Å². The third-order valence-corrected chi connectivity index (χ3v) is 3.73. The van der Waals surface area contributed by atoms with Gasteiger partial charge in [0.05, 0.1) is 0 Å². The normalized spacial score (nSPS) is 11.3. The summed E-state index contributed by atoms with van der Waals surface area (Å²) < 4.78 is 41.9. The molecule has 21 heavy (non-hydrogen) atoms. The quantitative estimate of drug-likeness (QED) is 0.655. The number of rotatable bonds is 4. The number of para-hydroxylation sites is 1. The summed E-state index contributed by atoms with van der Waals surface area (Å²) in [5, 5.41) is 3.67. The summed E-state index contributed by atoms with van der Waals surface area (Å²) in [5.41, 5.74) is 1.21. The van der Waals surface area contributed by atoms with Gasteiger partial charge in [-0.2, -0.15) is 0 Å². The van der Waals surface area contributed by atoms with Crippen LogP contribution in [-0.4, -0.2) is 6.36 Å². The Kier molecular flexibility index (Phi) is 5.21. The fourth-order valence-electron chi connectivity index (χ4n) is 1.70. The van der Waals surface area contributed by atoms with Crippen LogP contribution in [0.2, 0.25) is 5.02 Å². The number of halogens is 5. The Morgan fingerprint density at radius 2 is 1.86 bits per heavy atom. The first-order valence-corrected chi connectivity index (χ1v) is 7.33. The average Bonchev–Trinajstić information content (AvgIpc) is 2.37. The van der Waals surface area contributed by atoms with Crippen molar-refractivity contribution in [2.24, 2.45) is 0 Å². The van der Waals surface area contributed by atoms with Crippen LogP contribution in [0.15, 0.2) is 42.5 Å². The second-order valence-corrected chi connectivity index (χ2v) is 5.73. The lowest BCUT2D eigenvalue weighted by molar-refractivity contribution is -0.274. The molecule has 0 saturated heterocycles. The summed E-state index contributed by atoms with van der Waals surface area (Å²) in [6, 6.07) is 11.3. The zero-order chi connectivity index (χ0) is 15.5. The third kappa shape index (κ3) is 4.96. The van der Waals surface area contributed by atoms with E-state index in [9.17, 15) is 13.2 Å². The third-order valence-electron chi connectivity index (χ3n) is 2.60. The molecule has 0 amide bonds. The molecule has 0 aliphatic rings. The predicted molar refractivity (Wildman–Crippen MR) is 84.6 cm³/mol. The van der Waals surface area contributed by atoms with Crippen molar-refractivity contribution in [2.75, 3.05) is 5.32 Å². The minimum Gasteiger partial charge on any atom is -0.405 e. The van der Waals surface area contributed by atoms with Crippen LogP contribution in [-0.2, 0) is 6.54 Å². The molecule has 0 aliphatic carbocycles. The Hall–Kier alpha value is -1.15. The number of alkyl halides is 3. The molecule has 112 valence electrons. The number of hydrogen-bond donors (Lipinski definition) is 1. The Morgan fingerprint density at radius 3 is 2.52 bits per heavy atom. The first-order valence-electron chi connectivity index (χ1n) is 5.88. The maximum absolute atomic E-state index is 12.3. The maximum atomic E-state index is 12.3. The van der Waals surface area contributed by atoms with Crippen molar-refractivity contribution in [3.63, 3.8) is 0 Å². The zero-order valence-electron chi connectivity index (χ0n) is 10.5. The number of ether oxygens (including phenoxy) is 1. The highest BCUT2D eigenvalue weighted by atomic mass is 127. The lowest BCUT2D eigenvalue weighted by Crippen LogP contribution is -2.18. The van der Waals surface area contributed by atoms with Gasteiger partial charge in [-0.25, -0.2) is 0 Å². The van der Waals surface area contributed by atoms with Gasteiger partial charge in [-0.1, -0.05) is 29.8 Å². The van der Waals surface area contributed by atoms with Gasteiger partial charge in [0, 0.05) is 26.4 Å². The molecule has 0 aliphatic heterocycles. The molecule has 2 nitrogen and oxygen atoms in total. The summed E-state index contributed by atoms with van der Waals surface area (Å²) in [6.45, 7) is 0.212. The van der Waals surface area contributed by atoms with Crippen LogP contribution in [0.4, 0.5) is 18.9 Å². The Labute approximate surface area is 138 Å². The van der Waals surface area contributed by atoms with E-state index in [-0.39, 0.29) is 12.3 Å².